The zero-order chi connectivity index (χ0) is 18.8. The Hall–Kier alpha value is -1.07. The highest BCUT2D eigenvalue weighted by Crippen LogP contribution is 2.24. The van der Waals surface area contributed by atoms with Crippen LogP contribution in [-0.2, 0) is 4.79 Å². The summed E-state index contributed by atoms with van der Waals surface area (Å²) in [5.74, 6) is 0.0719. The van der Waals surface area contributed by atoms with Crippen molar-refractivity contribution in [2.45, 2.75) is 71.6 Å². The van der Waals surface area contributed by atoms with Gasteiger partial charge in [-0.3, -0.25) is 9.69 Å². The number of carbonyl (C=O) groups excluding carboxylic acids is 1. The van der Waals surface area contributed by atoms with Gasteiger partial charge < -0.3 is 5.32 Å². The van der Waals surface area contributed by atoms with Gasteiger partial charge in [-0.25, -0.2) is 0 Å². The number of anilines is 1. The third kappa shape index (κ3) is 6.63. The van der Waals surface area contributed by atoms with Crippen molar-refractivity contribution < 1.29 is 8.68 Å². The Labute approximate surface area is 157 Å². The standard InChI is InChI=1S/C18H27FN2OS.C2H6/c1-13-7-6-8-14(2)17(13)20-18(22)16-9-4-5-11-21(16)12-10-15(3)23-19;1-2/h6-8,15-16H,4-5,9-12H2,1-3H3,(H,20,22);1-2H3. The number of halogens is 1. The summed E-state index contributed by atoms with van der Waals surface area (Å²) in [6.45, 7) is 11.6. The molecule has 0 spiro atoms. The molecule has 1 N–H and O–H groups in total. The van der Waals surface area contributed by atoms with Crippen LogP contribution in [0.25, 0.3) is 0 Å². The van der Waals surface area contributed by atoms with Gasteiger partial charge in [0.2, 0.25) is 5.91 Å². The van der Waals surface area contributed by atoms with Crippen molar-refractivity contribution >= 4 is 23.7 Å². The maximum Gasteiger partial charge on any atom is 0.241 e. The minimum Gasteiger partial charge on any atom is -0.324 e. The molecule has 2 atom stereocenters. The van der Waals surface area contributed by atoms with Gasteiger partial charge in [0.1, 0.15) is 0 Å². The second kappa shape index (κ2) is 11.5. The van der Waals surface area contributed by atoms with E-state index >= 15 is 0 Å². The van der Waals surface area contributed by atoms with Crippen LogP contribution < -0.4 is 5.32 Å². The molecule has 142 valence electrons. The van der Waals surface area contributed by atoms with E-state index in [-0.39, 0.29) is 17.2 Å². The first-order chi connectivity index (χ1) is 12.0. The van der Waals surface area contributed by atoms with Crippen LogP contribution in [0.1, 0.15) is 57.6 Å². The minimum atomic E-state index is -0.0976. The summed E-state index contributed by atoms with van der Waals surface area (Å²) in [6.07, 6.45) is 3.85. The topological polar surface area (TPSA) is 32.3 Å². The number of benzene rings is 1. The molecule has 0 bridgehead atoms. The van der Waals surface area contributed by atoms with Crippen LogP contribution in [0.3, 0.4) is 0 Å². The number of nitrogens with one attached hydrogen (secondary N) is 1. The lowest BCUT2D eigenvalue weighted by molar-refractivity contribution is -0.122. The van der Waals surface area contributed by atoms with E-state index in [1.165, 1.54) is 0 Å². The Morgan fingerprint density at radius 1 is 1.32 bits per heavy atom. The predicted octanol–water partition coefficient (Wildman–Crippen LogP) is 5.52. The largest absolute Gasteiger partial charge is 0.324 e. The van der Waals surface area contributed by atoms with Gasteiger partial charge in [0.05, 0.1) is 6.04 Å². The maximum absolute atomic E-state index is 12.8. The molecular weight excluding hydrogens is 335 g/mol. The molecule has 3 nitrogen and oxygen atoms in total. The van der Waals surface area contributed by atoms with Crippen molar-refractivity contribution in [3.8, 4) is 0 Å². The van der Waals surface area contributed by atoms with E-state index in [0.717, 1.165) is 55.6 Å². The zero-order valence-electron chi connectivity index (χ0n) is 16.3. The van der Waals surface area contributed by atoms with Gasteiger partial charge in [-0.2, -0.15) is 3.89 Å². The van der Waals surface area contributed by atoms with Crippen LogP contribution in [0, 0.1) is 13.8 Å². The van der Waals surface area contributed by atoms with Crippen molar-refractivity contribution in [3.05, 3.63) is 29.3 Å². The highest BCUT2D eigenvalue weighted by Gasteiger charge is 2.29. The molecule has 1 aromatic carbocycles. The Morgan fingerprint density at radius 3 is 2.56 bits per heavy atom. The summed E-state index contributed by atoms with van der Waals surface area (Å²) >= 11 is 0.402. The number of hydrogen-bond donors (Lipinski definition) is 1. The fraction of sp³-hybridized carbons (Fsp3) is 0.650. The molecule has 0 radical (unpaired) electrons. The first-order valence-electron chi connectivity index (χ1n) is 9.41. The number of hydrogen-bond acceptors (Lipinski definition) is 3. The third-order valence-electron chi connectivity index (χ3n) is 4.62. The van der Waals surface area contributed by atoms with Gasteiger partial charge >= 0.3 is 0 Å². The molecule has 0 aromatic heterocycles. The maximum atomic E-state index is 12.8. The Balaban J connectivity index is 0.00000151. The highest BCUT2D eigenvalue weighted by molar-refractivity contribution is 7.94. The summed E-state index contributed by atoms with van der Waals surface area (Å²) in [7, 11) is 0. The molecular formula is C20H33FN2OS. The van der Waals surface area contributed by atoms with Gasteiger partial charge in [-0.15, -0.1) is 0 Å². The summed E-state index contributed by atoms with van der Waals surface area (Å²) in [4.78, 5) is 15.0. The van der Waals surface area contributed by atoms with E-state index in [0.29, 0.717) is 12.1 Å². The quantitative estimate of drug-likeness (QED) is 0.717. The zero-order valence-corrected chi connectivity index (χ0v) is 17.1. The summed E-state index contributed by atoms with van der Waals surface area (Å²) < 4.78 is 12.6. The van der Waals surface area contributed by atoms with Gasteiger partial charge in [0.25, 0.3) is 0 Å². The number of carbonyl (C=O) groups is 1. The van der Waals surface area contributed by atoms with Gasteiger partial charge in [-0.1, -0.05) is 45.4 Å². The minimum absolute atomic E-state index is 0.0146. The van der Waals surface area contributed by atoms with E-state index in [4.69, 9.17) is 0 Å². The molecule has 0 aliphatic carbocycles. The molecule has 1 saturated heterocycles. The average Bonchev–Trinajstić information content (AvgIpc) is 2.64. The molecule has 1 aromatic rings. The van der Waals surface area contributed by atoms with Crippen LogP contribution in [0.2, 0.25) is 0 Å². The van der Waals surface area contributed by atoms with Crippen molar-refractivity contribution in [2.75, 3.05) is 18.4 Å². The van der Waals surface area contributed by atoms with Gasteiger partial charge in [0, 0.05) is 29.6 Å². The van der Waals surface area contributed by atoms with Gasteiger partial charge in [0.15, 0.2) is 0 Å². The molecule has 5 heteroatoms. The fourth-order valence-electron chi connectivity index (χ4n) is 3.17. The van der Waals surface area contributed by atoms with Crippen LogP contribution in [0.5, 0.6) is 0 Å². The number of para-hydroxylation sites is 1. The summed E-state index contributed by atoms with van der Waals surface area (Å²) in [6, 6.07) is 5.94. The van der Waals surface area contributed by atoms with E-state index in [1.54, 1.807) is 0 Å². The van der Waals surface area contributed by atoms with Crippen molar-refractivity contribution in [2.24, 2.45) is 0 Å². The highest BCUT2D eigenvalue weighted by atomic mass is 32.2. The van der Waals surface area contributed by atoms with E-state index in [2.05, 4.69) is 10.2 Å². The third-order valence-corrected chi connectivity index (χ3v) is 5.16. The molecule has 2 rings (SSSR count). The van der Waals surface area contributed by atoms with Crippen LogP contribution in [-0.4, -0.2) is 35.2 Å². The Bertz CT molecular complexity index is 518. The Kier molecular flexibility index (Phi) is 10.1. The molecule has 1 aliphatic rings. The normalized spacial score (nSPS) is 18.9. The molecule has 1 heterocycles. The lowest BCUT2D eigenvalue weighted by Crippen LogP contribution is -2.47. The monoisotopic (exact) mass is 368 g/mol. The van der Waals surface area contributed by atoms with Crippen molar-refractivity contribution in [1.82, 2.24) is 4.90 Å². The van der Waals surface area contributed by atoms with Crippen molar-refractivity contribution in [3.63, 3.8) is 0 Å². The number of likely N-dealkylation sites (tertiary alicyclic amines) is 1. The van der Waals surface area contributed by atoms with E-state index in [9.17, 15) is 8.68 Å². The molecule has 1 amide bonds. The summed E-state index contributed by atoms with van der Waals surface area (Å²) in [5, 5.41) is 3.11. The number of amides is 1. The molecule has 2 unspecified atom stereocenters. The first-order valence-corrected chi connectivity index (χ1v) is 10.2. The SMILES string of the molecule is CC.Cc1cccc(C)c1NC(=O)C1CCCCN1CCC(C)SF. The fourth-order valence-corrected chi connectivity index (χ4v) is 3.36. The Morgan fingerprint density at radius 2 is 1.96 bits per heavy atom. The van der Waals surface area contributed by atoms with Crippen molar-refractivity contribution in [1.29, 1.82) is 0 Å². The second-order valence-electron chi connectivity index (χ2n) is 6.49. The molecule has 25 heavy (non-hydrogen) atoms. The van der Waals surface area contributed by atoms with Crippen LogP contribution >= 0.6 is 12.1 Å². The van der Waals surface area contributed by atoms with E-state index in [1.807, 2.05) is 52.8 Å². The molecule has 1 aliphatic heterocycles. The lowest BCUT2D eigenvalue weighted by Gasteiger charge is -2.35. The number of nitrogens with zero attached hydrogens (tertiary/aromatic N) is 1. The average molecular weight is 369 g/mol. The number of aryl methyl sites for hydroxylation is 2. The molecule has 0 saturated carbocycles. The molecule has 1 fully saturated rings. The predicted molar refractivity (Wildman–Crippen MR) is 108 cm³/mol. The summed E-state index contributed by atoms with van der Waals surface area (Å²) in [5.41, 5.74) is 3.10. The number of piperidine rings is 1. The smallest absolute Gasteiger partial charge is 0.241 e. The first kappa shape index (κ1) is 22.0. The van der Waals surface area contributed by atoms with Gasteiger partial charge in [-0.05, 0) is 50.8 Å². The lowest BCUT2D eigenvalue weighted by atomic mass is 10.00. The van der Waals surface area contributed by atoms with E-state index < -0.39 is 0 Å². The second-order valence-corrected chi connectivity index (χ2v) is 7.47. The van der Waals surface area contributed by atoms with Crippen LogP contribution in [0.15, 0.2) is 18.2 Å². The van der Waals surface area contributed by atoms with Crippen LogP contribution in [0.4, 0.5) is 9.57 Å². The number of rotatable bonds is 6.